The zero-order valence-electron chi connectivity index (χ0n) is 15.1. The van der Waals surface area contributed by atoms with Crippen molar-refractivity contribution in [2.75, 3.05) is 0 Å². The van der Waals surface area contributed by atoms with Crippen molar-refractivity contribution in [2.24, 2.45) is 10.2 Å². The molecule has 0 heterocycles. The smallest absolute Gasteiger partial charge is 0.129 e. The van der Waals surface area contributed by atoms with Crippen molar-refractivity contribution in [3.05, 3.63) is 59.7 Å². The molecule has 2 aromatic carbocycles. The van der Waals surface area contributed by atoms with Crippen LogP contribution in [0.2, 0.25) is 19.6 Å². The van der Waals surface area contributed by atoms with E-state index >= 15 is 0 Å². The summed E-state index contributed by atoms with van der Waals surface area (Å²) >= 11 is 0. The Morgan fingerprint density at radius 1 is 0.833 bits per heavy atom. The number of benzene rings is 2. The van der Waals surface area contributed by atoms with E-state index in [1.54, 1.807) is 0 Å². The monoisotopic (exact) mass is 334 g/mol. The minimum Gasteiger partial charge on any atom is -0.151 e. The molecule has 0 saturated heterocycles. The molecule has 0 fully saturated rings. The van der Waals surface area contributed by atoms with Gasteiger partial charge in [0.2, 0.25) is 0 Å². The van der Waals surface area contributed by atoms with Crippen molar-refractivity contribution in [1.29, 1.82) is 0 Å². The highest BCUT2D eigenvalue weighted by Gasteiger charge is 2.07. The van der Waals surface area contributed by atoms with Gasteiger partial charge in [-0.25, -0.2) is 0 Å². The van der Waals surface area contributed by atoms with E-state index in [2.05, 4.69) is 60.4 Å². The minimum atomic E-state index is -1.33. The predicted octanol–water partition coefficient (Wildman–Crippen LogP) is 6.67. The second-order valence-electron chi connectivity index (χ2n) is 7.02. The Labute approximate surface area is 147 Å². The van der Waals surface area contributed by atoms with Gasteiger partial charge in [-0.3, -0.25) is 0 Å². The molecule has 0 N–H and O–H groups in total. The Morgan fingerprint density at radius 2 is 1.38 bits per heavy atom. The maximum absolute atomic E-state index is 4.31. The molecule has 24 heavy (non-hydrogen) atoms. The van der Waals surface area contributed by atoms with Crippen molar-refractivity contribution < 1.29 is 0 Å². The highest BCUT2D eigenvalue weighted by molar-refractivity contribution is 6.83. The summed E-state index contributed by atoms with van der Waals surface area (Å²) < 4.78 is 0. The Hall–Kier alpha value is -2.18. The second kappa shape index (κ2) is 8.61. The molecule has 0 atom stereocenters. The number of hydrogen-bond donors (Lipinski definition) is 0. The second-order valence-corrected chi connectivity index (χ2v) is 11.8. The molecule has 0 bridgehead atoms. The first kappa shape index (κ1) is 18.2. The fourth-order valence-corrected chi connectivity index (χ4v) is 2.62. The van der Waals surface area contributed by atoms with E-state index in [4.69, 9.17) is 0 Å². The Bertz CT molecular complexity index is 727. The summed E-state index contributed by atoms with van der Waals surface area (Å²) in [4.78, 5) is 0. The summed E-state index contributed by atoms with van der Waals surface area (Å²) in [6.07, 6.45) is 3.58. The molecule has 0 radical (unpaired) electrons. The molecular formula is C21H26N2Si. The fraction of sp³-hybridized carbons (Fsp3) is 0.333. The van der Waals surface area contributed by atoms with Crippen LogP contribution in [0.4, 0.5) is 11.4 Å². The third-order valence-corrected chi connectivity index (χ3v) is 4.36. The largest absolute Gasteiger partial charge is 0.151 e. The van der Waals surface area contributed by atoms with E-state index in [1.807, 2.05) is 36.4 Å². The summed E-state index contributed by atoms with van der Waals surface area (Å²) in [5, 5.41) is 8.61. The van der Waals surface area contributed by atoms with Crippen molar-refractivity contribution in [2.45, 2.75) is 45.8 Å². The van der Waals surface area contributed by atoms with Crippen LogP contribution in [0.15, 0.2) is 58.8 Å². The van der Waals surface area contributed by atoms with Crippen molar-refractivity contribution >= 4 is 19.4 Å². The van der Waals surface area contributed by atoms with Gasteiger partial charge in [0.25, 0.3) is 0 Å². The van der Waals surface area contributed by atoms with E-state index < -0.39 is 8.07 Å². The Morgan fingerprint density at radius 3 is 1.88 bits per heavy atom. The van der Waals surface area contributed by atoms with Crippen LogP contribution >= 0.6 is 0 Å². The third kappa shape index (κ3) is 6.52. The molecule has 0 aliphatic heterocycles. The van der Waals surface area contributed by atoms with Gasteiger partial charge in [0, 0.05) is 5.56 Å². The van der Waals surface area contributed by atoms with Crippen molar-refractivity contribution in [1.82, 2.24) is 0 Å². The van der Waals surface area contributed by atoms with Gasteiger partial charge in [0.15, 0.2) is 0 Å². The van der Waals surface area contributed by atoms with Gasteiger partial charge in [-0.1, -0.05) is 51.0 Å². The summed E-state index contributed by atoms with van der Waals surface area (Å²) in [5.41, 5.74) is 7.51. The molecule has 0 amide bonds. The molecular weight excluding hydrogens is 308 g/mol. The molecule has 124 valence electrons. The van der Waals surface area contributed by atoms with Crippen LogP contribution in [0.25, 0.3) is 0 Å². The summed E-state index contributed by atoms with van der Waals surface area (Å²) in [7, 11) is -1.33. The van der Waals surface area contributed by atoms with E-state index in [9.17, 15) is 0 Å². The van der Waals surface area contributed by atoms with Gasteiger partial charge in [0.05, 0.1) is 11.4 Å². The van der Waals surface area contributed by atoms with Gasteiger partial charge in [-0.15, -0.1) is 5.54 Å². The van der Waals surface area contributed by atoms with Gasteiger partial charge in [-0.05, 0) is 54.8 Å². The minimum absolute atomic E-state index is 0.851. The lowest BCUT2D eigenvalue weighted by molar-refractivity contribution is 0.795. The zero-order valence-corrected chi connectivity index (χ0v) is 16.1. The average Bonchev–Trinajstić information content (AvgIpc) is 2.57. The van der Waals surface area contributed by atoms with E-state index in [1.165, 1.54) is 18.4 Å². The molecule has 0 saturated carbocycles. The first-order valence-electron chi connectivity index (χ1n) is 8.60. The lowest BCUT2D eigenvalue weighted by Crippen LogP contribution is -2.16. The normalized spacial score (nSPS) is 11.3. The Kier molecular flexibility index (Phi) is 6.51. The van der Waals surface area contributed by atoms with Gasteiger partial charge in [0.1, 0.15) is 8.07 Å². The van der Waals surface area contributed by atoms with E-state index in [-0.39, 0.29) is 0 Å². The summed E-state index contributed by atoms with van der Waals surface area (Å²) in [5.74, 6) is 3.25. The molecule has 0 aliphatic carbocycles. The molecule has 0 spiro atoms. The highest BCUT2D eigenvalue weighted by Crippen LogP contribution is 2.19. The lowest BCUT2D eigenvalue weighted by Gasteiger charge is -2.03. The van der Waals surface area contributed by atoms with E-state index in [0.717, 1.165) is 23.4 Å². The maximum Gasteiger partial charge on any atom is 0.129 e. The Balaban J connectivity index is 2.00. The number of azo groups is 1. The molecule has 0 aliphatic rings. The molecule has 0 aromatic heterocycles. The highest BCUT2D eigenvalue weighted by atomic mass is 28.3. The lowest BCUT2D eigenvalue weighted by atomic mass is 10.1. The number of nitrogens with zero attached hydrogens (tertiary/aromatic N) is 2. The molecule has 3 heteroatoms. The third-order valence-electron chi connectivity index (χ3n) is 3.49. The average molecular weight is 335 g/mol. The van der Waals surface area contributed by atoms with Crippen LogP contribution in [0, 0.1) is 11.5 Å². The van der Waals surface area contributed by atoms with Crippen LogP contribution in [0.1, 0.15) is 30.9 Å². The van der Waals surface area contributed by atoms with Gasteiger partial charge >= 0.3 is 0 Å². The molecule has 2 aromatic rings. The fourth-order valence-electron chi connectivity index (χ4n) is 2.10. The predicted molar refractivity (Wildman–Crippen MR) is 106 cm³/mol. The quantitative estimate of drug-likeness (QED) is 0.331. The first-order valence-corrected chi connectivity index (χ1v) is 12.1. The van der Waals surface area contributed by atoms with Crippen LogP contribution < -0.4 is 0 Å². The summed E-state index contributed by atoms with van der Waals surface area (Å²) in [6.45, 7) is 8.95. The molecule has 0 unspecified atom stereocenters. The SMILES string of the molecule is CCCCc1ccc(N=Nc2ccc(C#C[Si](C)(C)C)cc2)cc1. The van der Waals surface area contributed by atoms with Crippen LogP contribution in [-0.4, -0.2) is 8.07 Å². The standard InChI is InChI=1S/C21H26N2Si/c1-5-6-7-18-8-12-20(13-9-18)22-23-21-14-10-19(11-15-21)16-17-24(2,3)4/h8-15H,5-7H2,1-4H3. The zero-order chi connectivity index (χ0) is 17.4. The number of hydrogen-bond acceptors (Lipinski definition) is 2. The van der Waals surface area contributed by atoms with E-state index in [0.29, 0.717) is 0 Å². The number of rotatable bonds is 5. The van der Waals surface area contributed by atoms with Crippen molar-refractivity contribution in [3.63, 3.8) is 0 Å². The number of unbranched alkanes of at least 4 members (excludes halogenated alkanes) is 1. The topological polar surface area (TPSA) is 24.7 Å². The van der Waals surface area contributed by atoms with Gasteiger partial charge in [-0.2, -0.15) is 10.2 Å². The van der Waals surface area contributed by atoms with Gasteiger partial charge < -0.3 is 0 Å². The van der Waals surface area contributed by atoms with Crippen LogP contribution in [-0.2, 0) is 6.42 Å². The maximum atomic E-state index is 4.31. The molecule has 2 rings (SSSR count). The number of aryl methyl sites for hydroxylation is 1. The summed E-state index contributed by atoms with van der Waals surface area (Å²) in [6, 6.07) is 16.3. The van der Waals surface area contributed by atoms with Crippen molar-refractivity contribution in [3.8, 4) is 11.5 Å². The first-order chi connectivity index (χ1) is 11.5. The van der Waals surface area contributed by atoms with Crippen LogP contribution in [0.5, 0.6) is 0 Å². The van der Waals surface area contributed by atoms with Crippen LogP contribution in [0.3, 0.4) is 0 Å². The molecule has 2 nitrogen and oxygen atoms in total.